The first-order valence-electron chi connectivity index (χ1n) is 28.4. The first-order chi connectivity index (χ1) is 31.4. The number of carbonyl (C=O) groups excluding carboxylic acids is 2. The van der Waals surface area contributed by atoms with Crippen LogP contribution in [0.1, 0.15) is 285 Å². The fraction of sp³-hybridized carbons (Fsp3) is 0.862. The average molecular weight is 898 g/mol. The molecule has 1 rings (SSSR count). The summed E-state index contributed by atoms with van der Waals surface area (Å²) in [4.78, 5) is 30.5. The van der Waals surface area contributed by atoms with Crippen molar-refractivity contribution < 1.29 is 19.8 Å². The Hall–Kier alpha value is -1.92. The number of unbranched alkanes of at least 4 members (excludes halogenated alkanes) is 32. The molecule has 0 saturated carbocycles. The summed E-state index contributed by atoms with van der Waals surface area (Å²) in [6.07, 6.45) is 51.5. The molecule has 2 unspecified atom stereocenters. The molecule has 64 heavy (non-hydrogen) atoms. The molecule has 0 aliphatic carbocycles. The summed E-state index contributed by atoms with van der Waals surface area (Å²) >= 11 is 0. The van der Waals surface area contributed by atoms with Crippen molar-refractivity contribution in [2.75, 3.05) is 36.1 Å². The number of carbonyl (C=O) groups is 2. The fourth-order valence-corrected chi connectivity index (χ4v) is 9.83. The molecular weight excluding hydrogens is 789 g/mol. The van der Waals surface area contributed by atoms with Crippen molar-refractivity contribution in [1.29, 1.82) is 0 Å². The van der Waals surface area contributed by atoms with Crippen LogP contribution in [0.2, 0.25) is 0 Å². The molecule has 1 aromatic rings. The zero-order valence-corrected chi connectivity index (χ0v) is 43.2. The topological polar surface area (TPSA) is 81.1 Å². The van der Waals surface area contributed by atoms with Gasteiger partial charge in [0.05, 0.1) is 0 Å². The van der Waals surface area contributed by atoms with E-state index in [1.54, 1.807) is 0 Å². The largest absolute Gasteiger partial charge is 0.387 e. The van der Waals surface area contributed by atoms with Gasteiger partial charge in [-0.25, -0.2) is 0 Å². The van der Waals surface area contributed by atoms with E-state index >= 15 is 0 Å². The zero-order valence-electron chi connectivity index (χ0n) is 43.2. The van der Waals surface area contributed by atoms with Crippen molar-refractivity contribution in [1.82, 2.24) is 0 Å². The first kappa shape index (κ1) is 60.1. The van der Waals surface area contributed by atoms with Crippen molar-refractivity contribution >= 4 is 23.2 Å². The quantitative estimate of drug-likeness (QED) is 0.0639. The van der Waals surface area contributed by atoms with Gasteiger partial charge < -0.3 is 20.0 Å². The minimum absolute atomic E-state index is 0.262. The van der Waals surface area contributed by atoms with E-state index < -0.39 is 13.2 Å². The molecule has 0 saturated heterocycles. The van der Waals surface area contributed by atoms with Crippen molar-refractivity contribution in [2.24, 2.45) is 11.8 Å². The number of anilines is 2. The molecule has 6 heteroatoms. The number of amides is 2. The number of benzene rings is 1. The SMILES string of the molecule is CCCCCCCCCCCCC(CCCCCCCCCC)CN(C(=O)CO)c1ccc(N(CC(CCCCCCCCCC)CCCCCCCCCCCC)C(=O)CO)cc1. The second-order valence-corrected chi connectivity index (χ2v) is 20.0. The van der Waals surface area contributed by atoms with Gasteiger partial charge in [0, 0.05) is 24.5 Å². The third-order valence-corrected chi connectivity index (χ3v) is 14.1. The number of aliphatic hydroxyl groups excluding tert-OH is 2. The Morgan fingerprint density at radius 2 is 0.531 bits per heavy atom. The molecule has 0 aliphatic rings. The molecular formula is C58H108N2O4. The van der Waals surface area contributed by atoms with E-state index in [0.717, 1.165) is 37.1 Å². The minimum Gasteiger partial charge on any atom is -0.387 e. The molecule has 0 aliphatic heterocycles. The van der Waals surface area contributed by atoms with Crippen LogP contribution in [-0.4, -0.2) is 48.3 Å². The standard InChI is InChI=1S/C58H108N2O4/c1-5-9-13-17-21-25-27-31-35-39-43-53(41-37-33-29-23-19-15-11-7-3)49-59(57(63)51-61)55-45-47-56(48-46-55)60(58(64)52-62)50-54(42-38-34-30-24-20-16-12-8-4)44-40-36-32-28-26-22-18-14-10-6-2/h45-48,53-54,61-62H,5-44,49-52H2,1-4H3. The molecule has 0 fully saturated rings. The number of nitrogens with zero attached hydrogens (tertiary/aromatic N) is 2. The van der Waals surface area contributed by atoms with Crippen molar-refractivity contribution in [3.63, 3.8) is 0 Å². The predicted octanol–water partition coefficient (Wildman–Crippen LogP) is 17.3. The van der Waals surface area contributed by atoms with Crippen LogP contribution in [0.25, 0.3) is 0 Å². The maximum absolute atomic E-state index is 13.4. The number of aliphatic hydroxyl groups is 2. The van der Waals surface area contributed by atoms with Crippen LogP contribution in [0.3, 0.4) is 0 Å². The maximum Gasteiger partial charge on any atom is 0.252 e. The van der Waals surface area contributed by atoms with Gasteiger partial charge in [-0.2, -0.15) is 0 Å². The highest BCUT2D eigenvalue weighted by Gasteiger charge is 2.23. The second-order valence-electron chi connectivity index (χ2n) is 20.0. The van der Waals surface area contributed by atoms with E-state index in [1.807, 2.05) is 34.1 Å². The van der Waals surface area contributed by atoms with Gasteiger partial charge in [0.1, 0.15) is 13.2 Å². The summed E-state index contributed by atoms with van der Waals surface area (Å²) in [5.41, 5.74) is 1.56. The summed E-state index contributed by atoms with van der Waals surface area (Å²) in [6.45, 7) is 9.31. The number of hydrogen-bond acceptors (Lipinski definition) is 4. The summed E-state index contributed by atoms with van der Waals surface area (Å²) in [7, 11) is 0. The van der Waals surface area contributed by atoms with Crippen LogP contribution in [0, 0.1) is 11.8 Å². The summed E-state index contributed by atoms with van der Waals surface area (Å²) in [5, 5.41) is 20.4. The van der Waals surface area contributed by atoms with Gasteiger partial charge in [0.2, 0.25) is 0 Å². The first-order valence-corrected chi connectivity index (χ1v) is 28.4. The molecule has 1 aromatic carbocycles. The lowest BCUT2D eigenvalue weighted by molar-refractivity contribution is -0.122. The molecule has 2 amide bonds. The number of rotatable bonds is 48. The fourth-order valence-electron chi connectivity index (χ4n) is 9.83. The Morgan fingerprint density at radius 3 is 0.719 bits per heavy atom. The van der Waals surface area contributed by atoms with Crippen molar-refractivity contribution in [3.8, 4) is 0 Å². The Labute approximate surface area is 398 Å². The van der Waals surface area contributed by atoms with Crippen LogP contribution in [0.15, 0.2) is 24.3 Å². The molecule has 374 valence electrons. The monoisotopic (exact) mass is 897 g/mol. The van der Waals surface area contributed by atoms with Crippen LogP contribution < -0.4 is 9.80 Å². The lowest BCUT2D eigenvalue weighted by Gasteiger charge is -2.30. The third-order valence-electron chi connectivity index (χ3n) is 14.1. The van der Waals surface area contributed by atoms with E-state index in [1.165, 1.54) is 231 Å². The van der Waals surface area contributed by atoms with Gasteiger partial charge in [-0.3, -0.25) is 9.59 Å². The van der Waals surface area contributed by atoms with E-state index in [2.05, 4.69) is 27.7 Å². The lowest BCUT2D eigenvalue weighted by atomic mass is 9.93. The predicted molar refractivity (Wildman–Crippen MR) is 280 cm³/mol. The van der Waals surface area contributed by atoms with Gasteiger partial charge >= 0.3 is 0 Å². The highest BCUT2D eigenvalue weighted by molar-refractivity contribution is 5.96. The summed E-state index contributed by atoms with van der Waals surface area (Å²) in [5.74, 6) is 0.253. The van der Waals surface area contributed by atoms with Crippen molar-refractivity contribution in [3.05, 3.63) is 24.3 Å². The lowest BCUT2D eigenvalue weighted by Crippen LogP contribution is -2.38. The summed E-state index contributed by atoms with van der Waals surface area (Å²) in [6, 6.07) is 7.85. The zero-order chi connectivity index (χ0) is 46.6. The van der Waals surface area contributed by atoms with Gasteiger partial charge in [-0.05, 0) is 61.8 Å². The minimum atomic E-state index is -0.515. The molecule has 2 N–H and O–H groups in total. The van der Waals surface area contributed by atoms with Crippen LogP contribution in [0.4, 0.5) is 11.4 Å². The summed E-state index contributed by atoms with van der Waals surface area (Å²) < 4.78 is 0. The molecule has 0 aromatic heterocycles. The smallest absolute Gasteiger partial charge is 0.252 e. The van der Waals surface area contributed by atoms with E-state index in [4.69, 9.17) is 0 Å². The van der Waals surface area contributed by atoms with Gasteiger partial charge in [-0.1, -0.05) is 259 Å². The second kappa shape index (κ2) is 44.9. The Balaban J connectivity index is 3.03. The highest BCUT2D eigenvalue weighted by Crippen LogP contribution is 2.29. The molecule has 0 spiro atoms. The normalized spacial score (nSPS) is 12.5. The van der Waals surface area contributed by atoms with E-state index in [9.17, 15) is 19.8 Å². The van der Waals surface area contributed by atoms with Crippen LogP contribution in [-0.2, 0) is 9.59 Å². The Bertz CT molecular complexity index is 1070. The van der Waals surface area contributed by atoms with E-state index in [0.29, 0.717) is 24.9 Å². The molecule has 6 nitrogen and oxygen atoms in total. The van der Waals surface area contributed by atoms with Crippen molar-refractivity contribution in [2.45, 2.75) is 285 Å². The van der Waals surface area contributed by atoms with Gasteiger partial charge in [0.25, 0.3) is 11.8 Å². The maximum atomic E-state index is 13.4. The van der Waals surface area contributed by atoms with Crippen LogP contribution in [0.5, 0.6) is 0 Å². The average Bonchev–Trinajstić information content (AvgIpc) is 3.31. The van der Waals surface area contributed by atoms with Gasteiger partial charge in [-0.15, -0.1) is 0 Å². The van der Waals surface area contributed by atoms with E-state index in [-0.39, 0.29) is 11.8 Å². The van der Waals surface area contributed by atoms with Gasteiger partial charge in [0.15, 0.2) is 0 Å². The molecule has 0 bridgehead atoms. The number of hydrogen-bond donors (Lipinski definition) is 2. The third kappa shape index (κ3) is 32.7. The molecule has 2 atom stereocenters. The molecule has 0 heterocycles. The Morgan fingerprint density at radius 1 is 0.344 bits per heavy atom. The highest BCUT2D eigenvalue weighted by atomic mass is 16.3. The molecule has 0 radical (unpaired) electrons. The van der Waals surface area contributed by atoms with Crippen LogP contribution >= 0.6 is 0 Å². The Kier molecular flexibility index (Phi) is 42.2.